The molecule has 0 aromatic heterocycles. The summed E-state index contributed by atoms with van der Waals surface area (Å²) in [6.45, 7) is 1.43. The van der Waals surface area contributed by atoms with Crippen molar-refractivity contribution in [3.05, 3.63) is 0 Å². The fraction of sp³-hybridized carbons (Fsp3) is 0.909. The van der Waals surface area contributed by atoms with Crippen LogP contribution in [0, 0.1) is 5.92 Å². The van der Waals surface area contributed by atoms with E-state index in [1.807, 2.05) is 11.9 Å². The van der Waals surface area contributed by atoms with Crippen molar-refractivity contribution < 1.29 is 9.53 Å². The highest BCUT2D eigenvalue weighted by atomic mass is 16.5. The lowest BCUT2D eigenvalue weighted by Gasteiger charge is -2.17. The van der Waals surface area contributed by atoms with Gasteiger partial charge in [-0.15, -0.1) is 0 Å². The van der Waals surface area contributed by atoms with E-state index in [0.29, 0.717) is 6.54 Å². The average molecular weight is 199 g/mol. The van der Waals surface area contributed by atoms with Gasteiger partial charge in [0.05, 0.1) is 13.7 Å². The molecule has 14 heavy (non-hydrogen) atoms. The van der Waals surface area contributed by atoms with Gasteiger partial charge in [-0.3, -0.25) is 9.69 Å². The van der Waals surface area contributed by atoms with Crippen molar-refractivity contribution in [3.63, 3.8) is 0 Å². The Balaban J connectivity index is 2.07. The Kier molecular flexibility index (Phi) is 4.94. The summed E-state index contributed by atoms with van der Waals surface area (Å²) in [6, 6.07) is 0. The maximum Gasteiger partial charge on any atom is 0.319 e. The highest BCUT2D eigenvalue weighted by Crippen LogP contribution is 2.27. The van der Waals surface area contributed by atoms with Crippen molar-refractivity contribution in [2.45, 2.75) is 32.1 Å². The molecule has 0 aromatic carbocycles. The Morgan fingerprint density at radius 1 is 1.43 bits per heavy atom. The summed E-state index contributed by atoms with van der Waals surface area (Å²) in [5, 5.41) is 0. The molecular weight excluding hydrogens is 178 g/mol. The number of carbonyl (C=O) groups is 1. The first-order valence-electron chi connectivity index (χ1n) is 5.47. The first kappa shape index (κ1) is 11.5. The molecule has 0 heterocycles. The van der Waals surface area contributed by atoms with Crippen molar-refractivity contribution >= 4 is 5.97 Å². The van der Waals surface area contributed by atoms with Crippen molar-refractivity contribution in [3.8, 4) is 0 Å². The Labute approximate surface area is 86.4 Å². The molecule has 1 aliphatic rings. The van der Waals surface area contributed by atoms with E-state index in [-0.39, 0.29) is 5.97 Å². The monoisotopic (exact) mass is 199 g/mol. The second kappa shape index (κ2) is 6.02. The van der Waals surface area contributed by atoms with Crippen LogP contribution < -0.4 is 0 Å². The molecule has 0 aliphatic heterocycles. The standard InChI is InChI=1S/C11H21NO2/c1-12(9-11(13)14-2)8-7-10-5-3-4-6-10/h10H,3-9H2,1-2H3. The molecule has 3 nitrogen and oxygen atoms in total. The smallest absolute Gasteiger partial charge is 0.319 e. The first-order valence-corrected chi connectivity index (χ1v) is 5.47. The zero-order valence-corrected chi connectivity index (χ0v) is 9.29. The van der Waals surface area contributed by atoms with Crippen molar-refractivity contribution in [2.24, 2.45) is 5.92 Å². The number of likely N-dealkylation sites (N-methyl/N-ethyl adjacent to an activating group) is 1. The molecule has 0 N–H and O–H groups in total. The summed E-state index contributed by atoms with van der Waals surface area (Å²) in [4.78, 5) is 13.0. The molecule has 0 bridgehead atoms. The van der Waals surface area contributed by atoms with Crippen LogP contribution in [0.3, 0.4) is 0 Å². The summed E-state index contributed by atoms with van der Waals surface area (Å²) in [7, 11) is 3.42. The molecule has 1 saturated carbocycles. The zero-order chi connectivity index (χ0) is 10.4. The maximum absolute atomic E-state index is 11.0. The van der Waals surface area contributed by atoms with E-state index in [1.54, 1.807) is 0 Å². The topological polar surface area (TPSA) is 29.5 Å². The van der Waals surface area contributed by atoms with Crippen LogP contribution in [0.1, 0.15) is 32.1 Å². The van der Waals surface area contributed by atoms with E-state index in [4.69, 9.17) is 0 Å². The average Bonchev–Trinajstić information content (AvgIpc) is 2.67. The number of methoxy groups -OCH3 is 1. The fourth-order valence-corrected chi connectivity index (χ4v) is 2.07. The number of esters is 1. The van der Waals surface area contributed by atoms with Crippen molar-refractivity contribution in [1.82, 2.24) is 4.90 Å². The van der Waals surface area contributed by atoms with Crippen LogP contribution in [0.5, 0.6) is 0 Å². The summed E-state index contributed by atoms with van der Waals surface area (Å²) < 4.78 is 4.61. The molecule has 0 amide bonds. The van der Waals surface area contributed by atoms with Gasteiger partial charge in [0, 0.05) is 0 Å². The largest absolute Gasteiger partial charge is 0.468 e. The van der Waals surface area contributed by atoms with Gasteiger partial charge in [-0.2, -0.15) is 0 Å². The molecular formula is C11H21NO2. The minimum atomic E-state index is -0.140. The minimum absolute atomic E-state index is 0.140. The van der Waals surface area contributed by atoms with E-state index < -0.39 is 0 Å². The van der Waals surface area contributed by atoms with E-state index in [9.17, 15) is 4.79 Å². The van der Waals surface area contributed by atoms with Crippen LogP contribution in [-0.2, 0) is 9.53 Å². The van der Waals surface area contributed by atoms with Crippen LogP contribution in [-0.4, -0.2) is 38.1 Å². The lowest BCUT2D eigenvalue weighted by atomic mass is 10.0. The molecule has 0 spiro atoms. The zero-order valence-electron chi connectivity index (χ0n) is 9.29. The summed E-state index contributed by atoms with van der Waals surface area (Å²) in [5.74, 6) is 0.758. The van der Waals surface area contributed by atoms with Gasteiger partial charge < -0.3 is 4.74 Å². The van der Waals surface area contributed by atoms with E-state index in [0.717, 1.165) is 12.5 Å². The first-order chi connectivity index (χ1) is 6.72. The van der Waals surface area contributed by atoms with Gasteiger partial charge in [0.25, 0.3) is 0 Å². The van der Waals surface area contributed by atoms with E-state index >= 15 is 0 Å². The van der Waals surface area contributed by atoms with Gasteiger partial charge in [0.2, 0.25) is 0 Å². The molecule has 82 valence electrons. The van der Waals surface area contributed by atoms with Gasteiger partial charge in [-0.1, -0.05) is 25.7 Å². The molecule has 1 rings (SSSR count). The molecule has 0 saturated heterocycles. The van der Waals surface area contributed by atoms with Gasteiger partial charge in [-0.25, -0.2) is 0 Å². The summed E-state index contributed by atoms with van der Waals surface area (Å²) in [6.07, 6.45) is 6.78. The number of hydrogen-bond donors (Lipinski definition) is 0. The molecule has 0 radical (unpaired) electrons. The number of ether oxygens (including phenoxy) is 1. The van der Waals surface area contributed by atoms with Crippen LogP contribution in [0.15, 0.2) is 0 Å². The number of nitrogens with zero attached hydrogens (tertiary/aromatic N) is 1. The molecule has 3 heteroatoms. The second-order valence-electron chi connectivity index (χ2n) is 4.25. The normalized spacial score (nSPS) is 17.6. The predicted octanol–water partition coefficient (Wildman–Crippen LogP) is 1.67. The third kappa shape index (κ3) is 4.09. The quantitative estimate of drug-likeness (QED) is 0.631. The van der Waals surface area contributed by atoms with Crippen molar-refractivity contribution in [1.29, 1.82) is 0 Å². The third-order valence-electron chi connectivity index (χ3n) is 3.02. The number of rotatable bonds is 5. The Hall–Kier alpha value is -0.570. The van der Waals surface area contributed by atoms with Gasteiger partial charge in [0.15, 0.2) is 0 Å². The maximum atomic E-state index is 11.0. The van der Waals surface area contributed by atoms with Crippen LogP contribution >= 0.6 is 0 Å². The Morgan fingerprint density at radius 3 is 2.64 bits per heavy atom. The lowest BCUT2D eigenvalue weighted by Crippen LogP contribution is -2.28. The van der Waals surface area contributed by atoms with E-state index in [2.05, 4.69) is 4.74 Å². The lowest BCUT2D eigenvalue weighted by molar-refractivity contribution is -0.141. The predicted molar refractivity (Wildman–Crippen MR) is 56.1 cm³/mol. The third-order valence-corrected chi connectivity index (χ3v) is 3.02. The SMILES string of the molecule is COC(=O)CN(C)CCC1CCCC1. The molecule has 1 aliphatic carbocycles. The highest BCUT2D eigenvalue weighted by molar-refractivity contribution is 5.71. The van der Waals surface area contributed by atoms with Gasteiger partial charge in [-0.05, 0) is 25.9 Å². The Bertz CT molecular complexity index is 176. The molecule has 0 aromatic rings. The van der Waals surface area contributed by atoms with Crippen molar-refractivity contribution in [2.75, 3.05) is 27.2 Å². The summed E-state index contributed by atoms with van der Waals surface area (Å²) in [5.41, 5.74) is 0. The molecule has 0 unspecified atom stereocenters. The van der Waals surface area contributed by atoms with Crippen LogP contribution in [0.4, 0.5) is 0 Å². The minimum Gasteiger partial charge on any atom is -0.468 e. The van der Waals surface area contributed by atoms with Crippen LogP contribution in [0.25, 0.3) is 0 Å². The fourth-order valence-electron chi connectivity index (χ4n) is 2.07. The number of carbonyl (C=O) groups excluding carboxylic acids is 1. The van der Waals surface area contributed by atoms with Gasteiger partial charge in [0.1, 0.15) is 0 Å². The Morgan fingerprint density at radius 2 is 2.07 bits per heavy atom. The van der Waals surface area contributed by atoms with E-state index in [1.165, 1.54) is 39.2 Å². The summed E-state index contributed by atoms with van der Waals surface area (Å²) >= 11 is 0. The molecule has 1 fully saturated rings. The van der Waals surface area contributed by atoms with Crippen LogP contribution in [0.2, 0.25) is 0 Å². The number of hydrogen-bond acceptors (Lipinski definition) is 3. The molecule has 0 atom stereocenters. The van der Waals surface area contributed by atoms with Gasteiger partial charge >= 0.3 is 5.97 Å². The highest BCUT2D eigenvalue weighted by Gasteiger charge is 2.15. The second-order valence-corrected chi connectivity index (χ2v) is 4.25.